The number of benzene rings is 3. The van der Waals surface area contributed by atoms with Crippen molar-refractivity contribution < 1.29 is 9.21 Å². The molecule has 0 atom stereocenters. The lowest BCUT2D eigenvalue weighted by atomic mass is 10.1. The SMILES string of the molecule is Cc1cccc(-c2nnc(NC(=O)c3ccc4ccccc4c3)o2)c1. The first kappa shape index (κ1) is 15.1. The Hall–Kier alpha value is -3.47. The van der Waals surface area contributed by atoms with E-state index in [1.165, 1.54) is 0 Å². The van der Waals surface area contributed by atoms with Crippen molar-refractivity contribution >= 4 is 22.7 Å². The maximum Gasteiger partial charge on any atom is 0.322 e. The van der Waals surface area contributed by atoms with Crippen molar-refractivity contribution in [2.24, 2.45) is 0 Å². The van der Waals surface area contributed by atoms with Gasteiger partial charge in [-0.3, -0.25) is 10.1 Å². The van der Waals surface area contributed by atoms with Gasteiger partial charge in [0.2, 0.25) is 5.89 Å². The van der Waals surface area contributed by atoms with E-state index in [9.17, 15) is 4.79 Å². The summed E-state index contributed by atoms with van der Waals surface area (Å²) in [7, 11) is 0. The predicted molar refractivity (Wildman–Crippen MR) is 96.4 cm³/mol. The monoisotopic (exact) mass is 329 g/mol. The minimum Gasteiger partial charge on any atom is -0.403 e. The Bertz CT molecular complexity index is 1070. The molecule has 0 aliphatic rings. The van der Waals surface area contributed by atoms with Gasteiger partial charge in [0.25, 0.3) is 5.91 Å². The highest BCUT2D eigenvalue weighted by molar-refractivity contribution is 6.05. The average molecular weight is 329 g/mol. The van der Waals surface area contributed by atoms with Crippen LogP contribution in [0.1, 0.15) is 15.9 Å². The Morgan fingerprint density at radius 3 is 2.60 bits per heavy atom. The van der Waals surface area contributed by atoms with Gasteiger partial charge in [-0.1, -0.05) is 53.1 Å². The van der Waals surface area contributed by atoms with Gasteiger partial charge in [0.05, 0.1) is 0 Å². The summed E-state index contributed by atoms with van der Waals surface area (Å²) in [6, 6.07) is 21.2. The van der Waals surface area contributed by atoms with Crippen LogP contribution in [0.2, 0.25) is 0 Å². The summed E-state index contributed by atoms with van der Waals surface area (Å²) in [5.74, 6) is 0.0858. The second kappa shape index (κ2) is 6.20. The summed E-state index contributed by atoms with van der Waals surface area (Å²) in [5.41, 5.74) is 2.45. The van der Waals surface area contributed by atoms with Crippen molar-refractivity contribution in [3.05, 3.63) is 77.9 Å². The second-order valence-electron chi connectivity index (χ2n) is 5.80. The number of amides is 1. The van der Waals surface area contributed by atoms with Crippen molar-refractivity contribution in [2.45, 2.75) is 6.92 Å². The molecule has 0 aliphatic carbocycles. The molecule has 0 fully saturated rings. The molecule has 0 spiro atoms. The Morgan fingerprint density at radius 1 is 0.920 bits per heavy atom. The minimum absolute atomic E-state index is 0.0784. The molecule has 0 saturated heterocycles. The summed E-state index contributed by atoms with van der Waals surface area (Å²) in [6.45, 7) is 1.99. The minimum atomic E-state index is -0.287. The van der Waals surface area contributed by atoms with Crippen molar-refractivity contribution in [3.8, 4) is 11.5 Å². The average Bonchev–Trinajstić information content (AvgIpc) is 3.10. The first-order chi connectivity index (χ1) is 12.2. The summed E-state index contributed by atoms with van der Waals surface area (Å²) >= 11 is 0. The van der Waals surface area contributed by atoms with E-state index in [0.29, 0.717) is 11.5 Å². The molecule has 1 aromatic heterocycles. The normalized spacial score (nSPS) is 10.8. The van der Waals surface area contributed by atoms with Gasteiger partial charge in [0, 0.05) is 11.1 Å². The quantitative estimate of drug-likeness (QED) is 0.603. The zero-order valence-corrected chi connectivity index (χ0v) is 13.6. The van der Waals surface area contributed by atoms with Gasteiger partial charge >= 0.3 is 6.01 Å². The first-order valence-electron chi connectivity index (χ1n) is 7.90. The number of carbonyl (C=O) groups is 1. The van der Waals surface area contributed by atoms with Gasteiger partial charge < -0.3 is 4.42 Å². The van der Waals surface area contributed by atoms with Crippen molar-refractivity contribution in [2.75, 3.05) is 5.32 Å². The van der Waals surface area contributed by atoms with Crippen LogP contribution in [0.15, 0.2) is 71.1 Å². The Labute approximate surface area is 144 Å². The zero-order chi connectivity index (χ0) is 17.2. The molecule has 4 rings (SSSR count). The number of aromatic nitrogens is 2. The van der Waals surface area contributed by atoms with E-state index in [1.807, 2.05) is 67.6 Å². The van der Waals surface area contributed by atoms with E-state index in [1.54, 1.807) is 6.07 Å². The molecule has 1 heterocycles. The molecule has 0 saturated carbocycles. The molecule has 122 valence electrons. The molecule has 25 heavy (non-hydrogen) atoms. The Kier molecular flexibility index (Phi) is 3.74. The third-order valence-corrected chi connectivity index (χ3v) is 3.92. The number of rotatable bonds is 3. The van der Waals surface area contributed by atoms with E-state index < -0.39 is 0 Å². The number of hydrogen-bond donors (Lipinski definition) is 1. The van der Waals surface area contributed by atoms with Crippen LogP contribution >= 0.6 is 0 Å². The second-order valence-corrected chi connectivity index (χ2v) is 5.80. The summed E-state index contributed by atoms with van der Waals surface area (Å²) in [5, 5.41) is 12.6. The largest absolute Gasteiger partial charge is 0.403 e. The third-order valence-electron chi connectivity index (χ3n) is 3.92. The number of nitrogens with one attached hydrogen (secondary N) is 1. The van der Waals surface area contributed by atoms with Gasteiger partial charge in [-0.2, -0.15) is 0 Å². The zero-order valence-electron chi connectivity index (χ0n) is 13.6. The standard InChI is InChI=1S/C20H15N3O2/c1-13-5-4-8-17(11-13)19-22-23-20(25-19)21-18(24)16-10-9-14-6-2-3-7-15(14)12-16/h2-12H,1H3,(H,21,23,24). The molecule has 0 aliphatic heterocycles. The number of anilines is 1. The van der Waals surface area contributed by atoms with Gasteiger partial charge in [-0.15, -0.1) is 5.10 Å². The number of hydrogen-bond acceptors (Lipinski definition) is 4. The molecule has 0 unspecified atom stereocenters. The number of fused-ring (bicyclic) bond motifs is 1. The third kappa shape index (κ3) is 3.12. The molecule has 5 nitrogen and oxygen atoms in total. The van der Waals surface area contributed by atoms with Gasteiger partial charge in [0.1, 0.15) is 0 Å². The first-order valence-corrected chi connectivity index (χ1v) is 7.90. The lowest BCUT2D eigenvalue weighted by molar-refractivity contribution is 0.102. The number of nitrogens with zero attached hydrogens (tertiary/aromatic N) is 2. The molecule has 3 aromatic carbocycles. The van der Waals surface area contributed by atoms with E-state index in [-0.39, 0.29) is 11.9 Å². The van der Waals surface area contributed by atoms with E-state index in [0.717, 1.165) is 21.9 Å². The maximum absolute atomic E-state index is 12.4. The van der Waals surface area contributed by atoms with Crippen LogP contribution in [0.25, 0.3) is 22.2 Å². The fraction of sp³-hybridized carbons (Fsp3) is 0.0500. The van der Waals surface area contributed by atoms with Crippen LogP contribution in [0, 0.1) is 6.92 Å². The van der Waals surface area contributed by atoms with E-state index in [2.05, 4.69) is 15.5 Å². The molecule has 0 radical (unpaired) electrons. The topological polar surface area (TPSA) is 68.0 Å². The van der Waals surface area contributed by atoms with Crippen LogP contribution in [0.4, 0.5) is 6.01 Å². The molecule has 5 heteroatoms. The van der Waals surface area contributed by atoms with Crippen LogP contribution < -0.4 is 5.32 Å². The van der Waals surface area contributed by atoms with Crippen LogP contribution in [0.3, 0.4) is 0 Å². The van der Waals surface area contributed by atoms with Crippen LogP contribution in [-0.2, 0) is 0 Å². The lowest BCUT2D eigenvalue weighted by Gasteiger charge is -2.03. The molecule has 1 amide bonds. The predicted octanol–water partition coefficient (Wildman–Crippen LogP) is 4.45. The van der Waals surface area contributed by atoms with Gasteiger partial charge in [-0.25, -0.2) is 0 Å². The van der Waals surface area contributed by atoms with Crippen molar-refractivity contribution in [1.82, 2.24) is 10.2 Å². The summed E-state index contributed by atoms with van der Waals surface area (Å²) < 4.78 is 5.55. The molecular weight excluding hydrogens is 314 g/mol. The Morgan fingerprint density at radius 2 is 1.76 bits per heavy atom. The van der Waals surface area contributed by atoms with Crippen molar-refractivity contribution in [3.63, 3.8) is 0 Å². The highest BCUT2D eigenvalue weighted by Gasteiger charge is 2.13. The van der Waals surface area contributed by atoms with Crippen LogP contribution in [0.5, 0.6) is 0 Å². The summed E-state index contributed by atoms with van der Waals surface area (Å²) in [4.78, 5) is 12.4. The van der Waals surface area contributed by atoms with Crippen LogP contribution in [-0.4, -0.2) is 16.1 Å². The van der Waals surface area contributed by atoms with Gasteiger partial charge in [-0.05, 0) is 42.0 Å². The fourth-order valence-corrected chi connectivity index (χ4v) is 2.67. The highest BCUT2D eigenvalue weighted by atomic mass is 16.4. The van der Waals surface area contributed by atoms with E-state index >= 15 is 0 Å². The van der Waals surface area contributed by atoms with Crippen molar-refractivity contribution in [1.29, 1.82) is 0 Å². The Balaban J connectivity index is 1.56. The lowest BCUT2D eigenvalue weighted by Crippen LogP contribution is -2.12. The number of aryl methyl sites for hydroxylation is 1. The molecule has 4 aromatic rings. The molecule has 1 N–H and O–H groups in total. The smallest absolute Gasteiger partial charge is 0.322 e. The van der Waals surface area contributed by atoms with Gasteiger partial charge in [0.15, 0.2) is 0 Å². The molecule has 0 bridgehead atoms. The molecular formula is C20H15N3O2. The maximum atomic E-state index is 12.4. The fourth-order valence-electron chi connectivity index (χ4n) is 2.67. The van der Waals surface area contributed by atoms with E-state index in [4.69, 9.17) is 4.42 Å². The highest BCUT2D eigenvalue weighted by Crippen LogP contribution is 2.21. The summed E-state index contributed by atoms with van der Waals surface area (Å²) in [6.07, 6.45) is 0. The number of carbonyl (C=O) groups excluding carboxylic acids is 1.